The first-order valence-electron chi connectivity index (χ1n) is 13.6. The Morgan fingerprint density at radius 3 is 2.46 bits per heavy atom. The van der Waals surface area contributed by atoms with E-state index in [-0.39, 0.29) is 5.91 Å². The molecule has 0 saturated carbocycles. The molecule has 0 atom stereocenters. The summed E-state index contributed by atoms with van der Waals surface area (Å²) in [5, 5.41) is 5.34. The Bertz CT molecular complexity index is 1910. The lowest BCUT2D eigenvalue weighted by Gasteiger charge is -2.15. The molecule has 0 bridgehead atoms. The highest BCUT2D eigenvalue weighted by molar-refractivity contribution is 7.98. The number of benzene rings is 3. The summed E-state index contributed by atoms with van der Waals surface area (Å²) in [5.41, 5.74) is 8.78. The highest BCUT2D eigenvalue weighted by Gasteiger charge is 2.26. The zero-order valence-corrected chi connectivity index (χ0v) is 24.3. The first-order valence-corrected chi connectivity index (χ1v) is 14.4. The van der Waals surface area contributed by atoms with Gasteiger partial charge in [0.25, 0.3) is 5.91 Å². The number of para-hydroxylation sites is 1. The number of anilines is 1. The van der Waals surface area contributed by atoms with Gasteiger partial charge in [-0.1, -0.05) is 47.5 Å². The van der Waals surface area contributed by atoms with Crippen LogP contribution >= 0.6 is 11.9 Å². The lowest BCUT2D eigenvalue weighted by atomic mass is 10.0. The van der Waals surface area contributed by atoms with Crippen molar-refractivity contribution in [2.45, 2.75) is 32.2 Å². The fourth-order valence-electron chi connectivity index (χ4n) is 5.36. The molecule has 41 heavy (non-hydrogen) atoms. The summed E-state index contributed by atoms with van der Waals surface area (Å²) in [6.07, 6.45) is 3.69. The van der Waals surface area contributed by atoms with Gasteiger partial charge in [0.2, 0.25) is 0 Å². The molecule has 6 nitrogen and oxygen atoms in total. The van der Waals surface area contributed by atoms with Gasteiger partial charge >= 0.3 is 0 Å². The Hall–Kier alpha value is -4.62. The molecule has 0 aliphatic rings. The first kappa shape index (κ1) is 26.6. The molecular weight excluding hydrogens is 526 g/mol. The summed E-state index contributed by atoms with van der Waals surface area (Å²) >= 11 is 1.32. The largest absolute Gasteiger partial charge is 0.373 e. The lowest BCUT2D eigenvalue weighted by Crippen LogP contribution is -2.21. The molecule has 0 fully saturated rings. The number of amides is 1. The molecule has 7 heteroatoms. The third kappa shape index (κ3) is 5.05. The van der Waals surface area contributed by atoms with Crippen LogP contribution in [0.1, 0.15) is 32.7 Å². The van der Waals surface area contributed by atoms with Crippen LogP contribution in [-0.2, 0) is 6.54 Å². The molecule has 6 aromatic rings. The maximum atomic E-state index is 14.2. The number of rotatable bonds is 7. The van der Waals surface area contributed by atoms with Gasteiger partial charge < -0.3 is 9.88 Å². The van der Waals surface area contributed by atoms with Gasteiger partial charge in [0.05, 0.1) is 12.1 Å². The minimum absolute atomic E-state index is 0.170. The third-order valence-corrected chi connectivity index (χ3v) is 8.30. The minimum atomic E-state index is -0.170. The number of carbonyl (C=O) groups excluding carboxylic acids is 1. The second-order valence-corrected chi connectivity index (χ2v) is 11.1. The van der Waals surface area contributed by atoms with Crippen LogP contribution < -0.4 is 10.0 Å². The second kappa shape index (κ2) is 11.1. The van der Waals surface area contributed by atoms with Crippen LogP contribution in [0.15, 0.2) is 96.2 Å². The summed E-state index contributed by atoms with van der Waals surface area (Å²) in [4.78, 5) is 24.5. The standard InChI is InChI=1S/C34H31N5OS/c1-21-11-14-25(15-12-21)41-38-34(40)32-31(27-9-7-17-36-33(27)35-4)28-18-22(2)13-16-30(28)39(32)20-24-19-37-29-10-6-5-8-26(29)23(24)3/h5-19H,20H2,1-4H3,(H,35,36)(H,38,40). The number of fused-ring (bicyclic) bond motifs is 2. The predicted octanol–water partition coefficient (Wildman–Crippen LogP) is 7.70. The number of nitrogens with zero attached hydrogens (tertiary/aromatic N) is 3. The summed E-state index contributed by atoms with van der Waals surface area (Å²) < 4.78 is 5.25. The highest BCUT2D eigenvalue weighted by atomic mass is 32.2. The van der Waals surface area contributed by atoms with Crippen molar-refractivity contribution in [3.63, 3.8) is 0 Å². The van der Waals surface area contributed by atoms with E-state index >= 15 is 0 Å². The van der Waals surface area contributed by atoms with Crippen molar-refractivity contribution in [3.8, 4) is 11.1 Å². The smallest absolute Gasteiger partial charge is 0.278 e. The van der Waals surface area contributed by atoms with E-state index in [4.69, 9.17) is 4.98 Å². The van der Waals surface area contributed by atoms with Gasteiger partial charge in [-0.3, -0.25) is 14.5 Å². The van der Waals surface area contributed by atoms with Gasteiger partial charge in [0.1, 0.15) is 11.5 Å². The molecule has 0 aliphatic carbocycles. The summed E-state index contributed by atoms with van der Waals surface area (Å²) in [6, 6.07) is 26.6. The summed E-state index contributed by atoms with van der Waals surface area (Å²) in [7, 11) is 1.85. The van der Waals surface area contributed by atoms with Gasteiger partial charge in [0.15, 0.2) is 0 Å². The lowest BCUT2D eigenvalue weighted by molar-refractivity contribution is 0.0977. The molecule has 0 aliphatic heterocycles. The highest BCUT2D eigenvalue weighted by Crippen LogP contribution is 2.39. The van der Waals surface area contributed by atoms with E-state index in [0.717, 1.165) is 60.3 Å². The Morgan fingerprint density at radius 2 is 1.66 bits per heavy atom. The Labute approximate surface area is 244 Å². The number of hydrogen-bond donors (Lipinski definition) is 2. The predicted molar refractivity (Wildman–Crippen MR) is 170 cm³/mol. The van der Waals surface area contributed by atoms with Gasteiger partial charge in [-0.2, -0.15) is 0 Å². The number of carbonyl (C=O) groups is 1. The van der Waals surface area contributed by atoms with Crippen molar-refractivity contribution in [1.29, 1.82) is 0 Å². The Morgan fingerprint density at radius 1 is 0.878 bits per heavy atom. The molecule has 6 rings (SSSR count). The zero-order chi connectivity index (χ0) is 28.5. The quantitative estimate of drug-likeness (QED) is 0.197. The molecule has 3 aromatic heterocycles. The normalized spacial score (nSPS) is 11.2. The molecule has 0 spiro atoms. The van der Waals surface area contributed by atoms with Crippen molar-refractivity contribution < 1.29 is 4.79 Å². The van der Waals surface area contributed by atoms with E-state index in [1.54, 1.807) is 6.20 Å². The van der Waals surface area contributed by atoms with Crippen molar-refractivity contribution in [2.75, 3.05) is 12.4 Å². The van der Waals surface area contributed by atoms with Gasteiger partial charge in [-0.15, -0.1) is 0 Å². The molecule has 3 heterocycles. The number of hydrogen-bond acceptors (Lipinski definition) is 5. The maximum Gasteiger partial charge on any atom is 0.278 e. The van der Waals surface area contributed by atoms with E-state index < -0.39 is 0 Å². The minimum Gasteiger partial charge on any atom is -0.373 e. The summed E-state index contributed by atoms with van der Waals surface area (Å²) in [6.45, 7) is 6.75. The van der Waals surface area contributed by atoms with Crippen LogP contribution in [0.5, 0.6) is 0 Å². The van der Waals surface area contributed by atoms with E-state index in [9.17, 15) is 4.79 Å². The zero-order valence-electron chi connectivity index (χ0n) is 23.5. The third-order valence-electron chi connectivity index (χ3n) is 7.51. The average molecular weight is 558 g/mol. The van der Waals surface area contributed by atoms with Crippen molar-refractivity contribution >= 4 is 45.5 Å². The molecule has 0 radical (unpaired) electrons. The number of nitrogens with one attached hydrogen (secondary N) is 2. The van der Waals surface area contributed by atoms with Crippen LogP contribution in [0, 0.1) is 20.8 Å². The molecular formula is C34H31N5OS. The van der Waals surface area contributed by atoms with Crippen molar-refractivity contribution in [3.05, 3.63) is 119 Å². The van der Waals surface area contributed by atoms with Gasteiger partial charge in [0, 0.05) is 51.8 Å². The van der Waals surface area contributed by atoms with Crippen molar-refractivity contribution in [1.82, 2.24) is 19.3 Å². The molecule has 2 N–H and O–H groups in total. The molecule has 3 aromatic carbocycles. The number of pyridine rings is 2. The number of aryl methyl sites for hydroxylation is 3. The Balaban J connectivity index is 1.56. The van der Waals surface area contributed by atoms with E-state index in [0.29, 0.717) is 12.2 Å². The molecule has 0 saturated heterocycles. The van der Waals surface area contributed by atoms with E-state index in [1.807, 2.05) is 67.8 Å². The van der Waals surface area contributed by atoms with Gasteiger partial charge in [-0.25, -0.2) is 4.98 Å². The number of aromatic nitrogens is 3. The van der Waals surface area contributed by atoms with Crippen LogP contribution in [0.4, 0.5) is 5.82 Å². The van der Waals surface area contributed by atoms with Crippen LogP contribution in [0.25, 0.3) is 32.9 Å². The first-order chi connectivity index (χ1) is 19.9. The van der Waals surface area contributed by atoms with Crippen LogP contribution in [0.3, 0.4) is 0 Å². The van der Waals surface area contributed by atoms with Gasteiger partial charge in [-0.05, 0) is 86.3 Å². The SMILES string of the molecule is CNc1ncccc1-c1c(C(=O)NSc2ccc(C)cc2)n(Cc2cnc3ccccc3c2C)c2ccc(C)cc12. The molecule has 204 valence electrons. The maximum absolute atomic E-state index is 14.2. The average Bonchev–Trinajstić information content (AvgIpc) is 3.31. The second-order valence-electron chi connectivity index (χ2n) is 10.3. The van der Waals surface area contributed by atoms with E-state index in [2.05, 4.69) is 64.6 Å². The van der Waals surface area contributed by atoms with Crippen LogP contribution in [-0.4, -0.2) is 27.5 Å². The van der Waals surface area contributed by atoms with Crippen LogP contribution in [0.2, 0.25) is 0 Å². The fraction of sp³-hybridized carbons (Fsp3) is 0.147. The van der Waals surface area contributed by atoms with E-state index in [1.165, 1.54) is 17.5 Å². The van der Waals surface area contributed by atoms with Crippen molar-refractivity contribution in [2.24, 2.45) is 0 Å². The molecule has 0 unspecified atom stereocenters. The topological polar surface area (TPSA) is 71.8 Å². The fourth-order valence-corrected chi connectivity index (χ4v) is 5.94. The molecule has 1 amide bonds. The monoisotopic (exact) mass is 557 g/mol. The Kier molecular flexibility index (Phi) is 7.20. The summed E-state index contributed by atoms with van der Waals surface area (Å²) in [5.74, 6) is 0.550.